The summed E-state index contributed by atoms with van der Waals surface area (Å²) in [7, 11) is 0. The van der Waals surface area contributed by atoms with Crippen LogP contribution in [0.4, 0.5) is 4.39 Å². The normalized spacial score (nSPS) is 32.4. The maximum absolute atomic E-state index is 12.9. The third-order valence-corrected chi connectivity index (χ3v) is 2.32. The number of allylic oxidation sites excluding steroid dienone is 4. The van der Waals surface area contributed by atoms with Crippen LogP contribution in [0.15, 0.2) is 23.6 Å². The second kappa shape index (κ2) is 3.21. The van der Waals surface area contributed by atoms with Crippen molar-refractivity contribution in [2.75, 3.05) is 0 Å². The average molecular weight is 154 g/mol. The highest BCUT2D eigenvalue weighted by Crippen LogP contribution is 2.26. The minimum Gasteiger partial charge on any atom is -0.212 e. The van der Waals surface area contributed by atoms with Crippen LogP contribution in [0, 0.1) is 11.8 Å². The molecule has 0 aliphatic heterocycles. The molecule has 0 aromatic carbocycles. The van der Waals surface area contributed by atoms with Gasteiger partial charge in [0.15, 0.2) is 0 Å². The highest BCUT2D eigenvalue weighted by atomic mass is 19.1. The lowest BCUT2D eigenvalue weighted by Gasteiger charge is -2.12. The Labute approximate surface area is 67.8 Å². The molecule has 0 saturated heterocycles. The Morgan fingerprint density at radius 1 is 1.45 bits per heavy atom. The molecule has 1 heteroatoms. The highest BCUT2D eigenvalue weighted by Gasteiger charge is 2.14. The van der Waals surface area contributed by atoms with Crippen LogP contribution in [0.25, 0.3) is 0 Å². The summed E-state index contributed by atoms with van der Waals surface area (Å²) < 4.78 is 12.9. The van der Waals surface area contributed by atoms with Gasteiger partial charge in [-0.1, -0.05) is 25.5 Å². The molecule has 0 fully saturated rings. The second-order valence-electron chi connectivity index (χ2n) is 3.54. The van der Waals surface area contributed by atoms with E-state index in [2.05, 4.69) is 19.9 Å². The topological polar surface area (TPSA) is 0 Å². The van der Waals surface area contributed by atoms with E-state index in [4.69, 9.17) is 0 Å². The van der Waals surface area contributed by atoms with Gasteiger partial charge in [-0.3, -0.25) is 0 Å². The van der Waals surface area contributed by atoms with Crippen LogP contribution in [-0.4, -0.2) is 0 Å². The SMILES string of the molecule is CC1=CC(C)[C@@H](C)CC(F)=C1. The molecule has 0 spiro atoms. The van der Waals surface area contributed by atoms with Crippen LogP contribution in [0.1, 0.15) is 27.2 Å². The van der Waals surface area contributed by atoms with Crippen molar-refractivity contribution < 1.29 is 4.39 Å². The molecule has 0 heterocycles. The molecule has 0 nitrogen and oxygen atoms in total. The summed E-state index contributed by atoms with van der Waals surface area (Å²) in [4.78, 5) is 0. The van der Waals surface area contributed by atoms with Crippen molar-refractivity contribution in [1.82, 2.24) is 0 Å². The molecular weight excluding hydrogens is 139 g/mol. The summed E-state index contributed by atoms with van der Waals surface area (Å²) in [6.07, 6.45) is 4.37. The van der Waals surface area contributed by atoms with E-state index in [0.717, 1.165) is 5.57 Å². The lowest BCUT2D eigenvalue weighted by Crippen LogP contribution is -2.03. The molecule has 0 aromatic heterocycles. The van der Waals surface area contributed by atoms with Crippen molar-refractivity contribution in [2.24, 2.45) is 11.8 Å². The summed E-state index contributed by atoms with van der Waals surface area (Å²) in [5, 5.41) is 0. The van der Waals surface area contributed by atoms with Crippen molar-refractivity contribution >= 4 is 0 Å². The van der Waals surface area contributed by atoms with Crippen LogP contribution in [0.5, 0.6) is 0 Å². The molecule has 0 bridgehead atoms. The van der Waals surface area contributed by atoms with Crippen LogP contribution in [0.2, 0.25) is 0 Å². The van der Waals surface area contributed by atoms with Gasteiger partial charge in [0, 0.05) is 6.42 Å². The van der Waals surface area contributed by atoms with Gasteiger partial charge >= 0.3 is 0 Å². The summed E-state index contributed by atoms with van der Waals surface area (Å²) in [6.45, 7) is 6.18. The van der Waals surface area contributed by atoms with E-state index in [1.807, 2.05) is 6.92 Å². The third-order valence-electron chi connectivity index (χ3n) is 2.32. The summed E-state index contributed by atoms with van der Waals surface area (Å²) >= 11 is 0. The summed E-state index contributed by atoms with van der Waals surface area (Å²) in [6, 6.07) is 0. The third kappa shape index (κ3) is 2.18. The fourth-order valence-electron chi connectivity index (χ4n) is 1.43. The molecule has 1 aliphatic carbocycles. The van der Waals surface area contributed by atoms with E-state index in [1.54, 1.807) is 6.08 Å². The number of hydrogen-bond donors (Lipinski definition) is 0. The monoisotopic (exact) mass is 154 g/mol. The van der Waals surface area contributed by atoms with Gasteiger partial charge in [0.25, 0.3) is 0 Å². The molecule has 2 atom stereocenters. The molecule has 1 aliphatic rings. The first-order valence-electron chi connectivity index (χ1n) is 4.14. The van der Waals surface area contributed by atoms with Gasteiger partial charge in [-0.25, -0.2) is 4.39 Å². The molecule has 0 aromatic rings. The zero-order valence-electron chi connectivity index (χ0n) is 7.39. The fourth-order valence-corrected chi connectivity index (χ4v) is 1.43. The van der Waals surface area contributed by atoms with Crippen LogP contribution >= 0.6 is 0 Å². The van der Waals surface area contributed by atoms with E-state index in [0.29, 0.717) is 18.3 Å². The van der Waals surface area contributed by atoms with Crippen molar-refractivity contribution in [1.29, 1.82) is 0 Å². The van der Waals surface area contributed by atoms with E-state index < -0.39 is 0 Å². The Bertz CT molecular complexity index is 201. The summed E-state index contributed by atoms with van der Waals surface area (Å²) in [5.74, 6) is 0.957. The van der Waals surface area contributed by atoms with Gasteiger partial charge < -0.3 is 0 Å². The molecular formula is C10H15F. The van der Waals surface area contributed by atoms with Gasteiger partial charge in [0.2, 0.25) is 0 Å². The largest absolute Gasteiger partial charge is 0.212 e. The first kappa shape index (κ1) is 8.51. The van der Waals surface area contributed by atoms with Gasteiger partial charge in [0.1, 0.15) is 5.83 Å². The Morgan fingerprint density at radius 2 is 2.09 bits per heavy atom. The maximum atomic E-state index is 12.9. The van der Waals surface area contributed by atoms with Crippen molar-refractivity contribution in [3.63, 3.8) is 0 Å². The molecule has 0 radical (unpaired) electrons. The highest BCUT2D eigenvalue weighted by molar-refractivity contribution is 5.22. The molecule has 1 unspecified atom stereocenters. The number of rotatable bonds is 0. The Hall–Kier alpha value is -0.590. The predicted octanol–water partition coefficient (Wildman–Crippen LogP) is 3.46. The lowest BCUT2D eigenvalue weighted by atomic mass is 9.93. The second-order valence-corrected chi connectivity index (χ2v) is 3.54. The molecule has 0 amide bonds. The van der Waals surface area contributed by atoms with Crippen LogP contribution in [-0.2, 0) is 0 Å². The first-order valence-corrected chi connectivity index (χ1v) is 4.14. The van der Waals surface area contributed by atoms with Gasteiger partial charge in [-0.2, -0.15) is 0 Å². The standard InChI is InChI=1S/C10H15F/c1-7-4-8(2)9(3)6-10(11)5-7/h4-5,8-9H,6H2,1-3H3/t8?,9-/m0/s1. The van der Waals surface area contributed by atoms with Gasteiger partial charge in [0.05, 0.1) is 0 Å². The molecule has 0 N–H and O–H groups in total. The molecule has 1 rings (SSSR count). The van der Waals surface area contributed by atoms with E-state index >= 15 is 0 Å². The van der Waals surface area contributed by atoms with Crippen molar-refractivity contribution in [3.05, 3.63) is 23.6 Å². The molecule has 11 heavy (non-hydrogen) atoms. The van der Waals surface area contributed by atoms with Gasteiger partial charge in [-0.05, 0) is 24.8 Å². The van der Waals surface area contributed by atoms with E-state index in [-0.39, 0.29) is 5.83 Å². The number of hydrogen-bond acceptors (Lipinski definition) is 0. The predicted molar refractivity (Wildman–Crippen MR) is 45.9 cm³/mol. The van der Waals surface area contributed by atoms with E-state index in [1.165, 1.54) is 0 Å². The Kier molecular flexibility index (Phi) is 2.48. The minimum atomic E-state index is 0.0237. The Balaban J connectivity index is 2.82. The van der Waals surface area contributed by atoms with Crippen LogP contribution < -0.4 is 0 Å². The average Bonchev–Trinajstić information content (AvgIpc) is 1.93. The van der Waals surface area contributed by atoms with Crippen molar-refractivity contribution in [3.8, 4) is 0 Å². The van der Waals surface area contributed by atoms with E-state index in [9.17, 15) is 4.39 Å². The quantitative estimate of drug-likeness (QED) is 0.501. The van der Waals surface area contributed by atoms with Crippen molar-refractivity contribution in [2.45, 2.75) is 27.2 Å². The van der Waals surface area contributed by atoms with Gasteiger partial charge in [-0.15, -0.1) is 0 Å². The number of halogens is 1. The smallest absolute Gasteiger partial charge is 0.100 e. The lowest BCUT2D eigenvalue weighted by molar-refractivity contribution is 0.419. The van der Waals surface area contributed by atoms with Crippen LogP contribution in [0.3, 0.4) is 0 Å². The zero-order chi connectivity index (χ0) is 8.43. The first-order chi connectivity index (χ1) is 5.09. The Morgan fingerprint density at radius 3 is 2.73 bits per heavy atom. The summed E-state index contributed by atoms with van der Waals surface area (Å²) in [5.41, 5.74) is 1.05. The maximum Gasteiger partial charge on any atom is 0.100 e. The molecule has 62 valence electrons. The zero-order valence-corrected chi connectivity index (χ0v) is 7.39. The fraction of sp³-hybridized carbons (Fsp3) is 0.600. The minimum absolute atomic E-state index is 0.0237. The molecule has 0 saturated carbocycles.